The number of aliphatic hydroxyl groups is 5. The standard InChI is InChI=1S/C71H119NO8/c1-3-5-7-9-11-13-15-17-19-21-23-25-27-28-29-30-31-32-33-34-35-36-37-38-39-41-43-45-47-49-51-53-55-57-59-61-67(75)72-64(63-79-71-70(78)69(77)68(76)66(62-73)80-71)65(74)60-58-56-54-52-50-48-46-44-42-40-26-24-22-20-18-16-14-12-10-8-6-4-2/h5,7,11,13,17,19,23,25,28-29,31-32,34-35,37-38,42,44,50,52,58,60,64-66,68-71,73-74,76-78H,3-4,6,8-10,12,14-16,18,20-22,24,26-27,30,33,36,39-41,43,45-49,51,53-57,59,61-63H2,1-2H3,(H,72,75)/b7-5-,13-11-,19-17-,25-23-,29-28-,32-31-,35-34-,38-37-,44-42+,52-50+,60-58+. The van der Waals surface area contributed by atoms with Crippen molar-refractivity contribution < 1.29 is 39.8 Å². The van der Waals surface area contributed by atoms with Gasteiger partial charge in [0, 0.05) is 6.42 Å². The Morgan fingerprint density at radius 2 is 0.787 bits per heavy atom. The number of allylic oxidation sites excluding steroid dienone is 21. The third-order valence-corrected chi connectivity index (χ3v) is 14.4. The van der Waals surface area contributed by atoms with Crippen molar-refractivity contribution in [1.82, 2.24) is 5.32 Å². The average Bonchev–Trinajstić information content (AvgIpc) is 3.46. The van der Waals surface area contributed by atoms with Crippen LogP contribution >= 0.6 is 0 Å². The zero-order valence-electron chi connectivity index (χ0n) is 50.8. The quantitative estimate of drug-likeness (QED) is 0.0261. The Hall–Kier alpha value is -3.67. The van der Waals surface area contributed by atoms with Gasteiger partial charge in [-0.1, -0.05) is 270 Å². The fourth-order valence-corrected chi connectivity index (χ4v) is 9.38. The molecular weight excluding hydrogens is 995 g/mol. The van der Waals surface area contributed by atoms with E-state index in [9.17, 15) is 30.3 Å². The number of carbonyl (C=O) groups excluding carboxylic acids is 1. The first-order valence-corrected chi connectivity index (χ1v) is 32.4. The topological polar surface area (TPSA) is 149 Å². The van der Waals surface area contributed by atoms with Gasteiger partial charge < -0.3 is 40.3 Å². The lowest BCUT2D eigenvalue weighted by Crippen LogP contribution is -2.60. The van der Waals surface area contributed by atoms with Gasteiger partial charge in [-0.3, -0.25) is 4.79 Å². The summed E-state index contributed by atoms with van der Waals surface area (Å²) in [5, 5.41) is 54.6. The van der Waals surface area contributed by atoms with Crippen LogP contribution in [0.5, 0.6) is 0 Å². The van der Waals surface area contributed by atoms with Crippen molar-refractivity contribution in [3.8, 4) is 0 Å². The van der Waals surface area contributed by atoms with Crippen molar-refractivity contribution in [2.24, 2.45) is 0 Å². The lowest BCUT2D eigenvalue weighted by Gasteiger charge is -2.40. The Kier molecular flexibility index (Phi) is 54.4. The second-order valence-corrected chi connectivity index (χ2v) is 21.8. The maximum absolute atomic E-state index is 13.1. The maximum atomic E-state index is 13.1. The van der Waals surface area contributed by atoms with Crippen LogP contribution in [0.1, 0.15) is 251 Å². The van der Waals surface area contributed by atoms with E-state index in [0.29, 0.717) is 6.42 Å². The number of amides is 1. The summed E-state index contributed by atoms with van der Waals surface area (Å²) in [5.41, 5.74) is 0. The number of carbonyl (C=O) groups is 1. The molecule has 0 bridgehead atoms. The minimum Gasteiger partial charge on any atom is -0.394 e. The van der Waals surface area contributed by atoms with E-state index in [-0.39, 0.29) is 12.5 Å². The molecular formula is C71H119NO8. The van der Waals surface area contributed by atoms with Gasteiger partial charge in [0.2, 0.25) is 5.91 Å². The van der Waals surface area contributed by atoms with Gasteiger partial charge in [-0.05, 0) is 109 Å². The molecule has 1 amide bonds. The van der Waals surface area contributed by atoms with Crippen LogP contribution in [0.25, 0.3) is 0 Å². The summed E-state index contributed by atoms with van der Waals surface area (Å²) in [7, 11) is 0. The van der Waals surface area contributed by atoms with Crippen molar-refractivity contribution in [3.63, 3.8) is 0 Å². The van der Waals surface area contributed by atoms with Gasteiger partial charge in [0.05, 0.1) is 25.4 Å². The molecule has 80 heavy (non-hydrogen) atoms. The first-order chi connectivity index (χ1) is 39.3. The molecule has 0 spiro atoms. The van der Waals surface area contributed by atoms with Crippen LogP contribution < -0.4 is 5.32 Å². The second kappa shape index (κ2) is 58.5. The minimum absolute atomic E-state index is 0.200. The van der Waals surface area contributed by atoms with E-state index in [2.05, 4.69) is 141 Å². The third kappa shape index (κ3) is 46.9. The minimum atomic E-state index is -1.58. The molecule has 0 aromatic heterocycles. The fraction of sp³-hybridized carbons (Fsp3) is 0.676. The number of ether oxygens (including phenoxy) is 2. The number of nitrogens with one attached hydrogen (secondary N) is 1. The number of unbranched alkanes of at least 4 members (excludes halogenated alkanes) is 24. The fourth-order valence-electron chi connectivity index (χ4n) is 9.38. The Bertz CT molecular complexity index is 1720. The first kappa shape index (κ1) is 74.3. The van der Waals surface area contributed by atoms with E-state index in [1.54, 1.807) is 6.08 Å². The number of hydrogen-bond acceptors (Lipinski definition) is 8. The van der Waals surface area contributed by atoms with Gasteiger partial charge in [0.15, 0.2) is 6.29 Å². The molecule has 0 aromatic carbocycles. The van der Waals surface area contributed by atoms with E-state index in [4.69, 9.17) is 9.47 Å². The van der Waals surface area contributed by atoms with Crippen LogP contribution in [0.3, 0.4) is 0 Å². The van der Waals surface area contributed by atoms with E-state index in [1.165, 1.54) is 116 Å². The maximum Gasteiger partial charge on any atom is 0.220 e. The molecule has 1 aliphatic rings. The molecule has 0 aromatic rings. The van der Waals surface area contributed by atoms with E-state index < -0.39 is 49.5 Å². The van der Waals surface area contributed by atoms with Gasteiger partial charge in [0.1, 0.15) is 24.4 Å². The molecule has 1 aliphatic heterocycles. The Morgan fingerprint density at radius 3 is 1.20 bits per heavy atom. The monoisotopic (exact) mass is 1110 g/mol. The lowest BCUT2D eigenvalue weighted by atomic mass is 9.99. The van der Waals surface area contributed by atoms with Crippen LogP contribution in [0.2, 0.25) is 0 Å². The zero-order chi connectivity index (χ0) is 57.9. The molecule has 0 aliphatic carbocycles. The Balaban J connectivity index is 2.21. The molecule has 7 atom stereocenters. The third-order valence-electron chi connectivity index (χ3n) is 14.4. The molecule has 1 heterocycles. The molecule has 7 unspecified atom stereocenters. The highest BCUT2D eigenvalue weighted by atomic mass is 16.7. The Labute approximate surface area is 490 Å². The van der Waals surface area contributed by atoms with Gasteiger partial charge in [-0.25, -0.2) is 0 Å². The molecule has 9 nitrogen and oxygen atoms in total. The van der Waals surface area contributed by atoms with Crippen molar-refractivity contribution >= 4 is 5.91 Å². The van der Waals surface area contributed by atoms with Gasteiger partial charge in [-0.2, -0.15) is 0 Å². The summed E-state index contributed by atoms with van der Waals surface area (Å²) in [6, 6.07) is -0.841. The number of rotatable bonds is 54. The predicted octanol–water partition coefficient (Wildman–Crippen LogP) is 17.2. The first-order valence-electron chi connectivity index (χ1n) is 32.4. The van der Waals surface area contributed by atoms with E-state index in [0.717, 1.165) is 116 Å². The van der Waals surface area contributed by atoms with Gasteiger partial charge >= 0.3 is 0 Å². The van der Waals surface area contributed by atoms with Crippen LogP contribution in [0.15, 0.2) is 134 Å². The highest BCUT2D eigenvalue weighted by Gasteiger charge is 2.44. The molecule has 0 saturated carbocycles. The molecule has 456 valence electrons. The second-order valence-electron chi connectivity index (χ2n) is 21.8. The van der Waals surface area contributed by atoms with Gasteiger partial charge in [0.25, 0.3) is 0 Å². The SMILES string of the molecule is CC/C=C\C/C=C\C/C=C\C/C=C\C/C=C\C/C=C\C/C=C\C/C=C\CCCCCCCCCCCCC(=O)NC(COC1OC(CO)C(O)C(O)C1O)C(O)/C=C/CC/C=C/CC/C=C/CCCCCCCCCCCCCC. The van der Waals surface area contributed by atoms with Crippen LogP contribution in [-0.4, -0.2) is 87.5 Å². The van der Waals surface area contributed by atoms with Crippen molar-refractivity contribution in [2.75, 3.05) is 13.2 Å². The normalized spacial score (nSPS) is 19.4. The average molecular weight is 1110 g/mol. The molecule has 1 rings (SSSR count). The highest BCUT2D eigenvalue weighted by molar-refractivity contribution is 5.76. The van der Waals surface area contributed by atoms with Crippen LogP contribution in [0.4, 0.5) is 0 Å². The lowest BCUT2D eigenvalue weighted by molar-refractivity contribution is -0.302. The van der Waals surface area contributed by atoms with Crippen molar-refractivity contribution in [1.29, 1.82) is 0 Å². The summed E-state index contributed by atoms with van der Waals surface area (Å²) in [6.07, 6.45) is 82.4. The Morgan fingerprint density at radius 1 is 0.438 bits per heavy atom. The summed E-state index contributed by atoms with van der Waals surface area (Å²) >= 11 is 0. The van der Waals surface area contributed by atoms with Crippen LogP contribution in [0, 0.1) is 0 Å². The molecule has 1 fully saturated rings. The number of aliphatic hydroxyl groups excluding tert-OH is 5. The highest BCUT2D eigenvalue weighted by Crippen LogP contribution is 2.23. The molecule has 9 heteroatoms. The van der Waals surface area contributed by atoms with Crippen LogP contribution in [-0.2, 0) is 14.3 Å². The van der Waals surface area contributed by atoms with E-state index in [1.807, 2.05) is 6.08 Å². The number of hydrogen-bond donors (Lipinski definition) is 6. The summed E-state index contributed by atoms with van der Waals surface area (Å²) in [5.74, 6) is -0.200. The van der Waals surface area contributed by atoms with Crippen molar-refractivity contribution in [2.45, 2.75) is 294 Å². The summed E-state index contributed by atoms with van der Waals surface area (Å²) < 4.78 is 11.3. The van der Waals surface area contributed by atoms with Crippen molar-refractivity contribution in [3.05, 3.63) is 134 Å². The predicted molar refractivity (Wildman–Crippen MR) is 340 cm³/mol. The largest absolute Gasteiger partial charge is 0.394 e. The zero-order valence-corrected chi connectivity index (χ0v) is 50.8. The van der Waals surface area contributed by atoms with Gasteiger partial charge in [-0.15, -0.1) is 0 Å². The summed E-state index contributed by atoms with van der Waals surface area (Å²) in [6.45, 7) is 3.64. The smallest absolute Gasteiger partial charge is 0.220 e. The molecule has 0 radical (unpaired) electrons. The molecule has 6 N–H and O–H groups in total. The summed E-state index contributed by atoms with van der Waals surface area (Å²) in [4.78, 5) is 13.1. The van der Waals surface area contributed by atoms with E-state index >= 15 is 0 Å². The molecule has 1 saturated heterocycles.